The van der Waals surface area contributed by atoms with Gasteiger partial charge < -0.3 is 5.32 Å². The molecule has 15 heavy (non-hydrogen) atoms. The summed E-state index contributed by atoms with van der Waals surface area (Å²) in [5.74, 6) is 1.13. The van der Waals surface area contributed by atoms with Gasteiger partial charge in [-0.3, -0.25) is 4.79 Å². The Kier molecular flexibility index (Phi) is 5.44. The molecule has 0 saturated heterocycles. The molecule has 1 saturated carbocycles. The van der Waals surface area contributed by atoms with Crippen molar-refractivity contribution < 1.29 is 4.79 Å². The summed E-state index contributed by atoms with van der Waals surface area (Å²) in [6.45, 7) is 5.04. The van der Waals surface area contributed by atoms with E-state index in [0.29, 0.717) is 5.92 Å². The molecule has 3 unspecified atom stereocenters. The van der Waals surface area contributed by atoms with Gasteiger partial charge in [-0.05, 0) is 31.1 Å². The number of hydrogen-bond donors (Lipinski definition) is 1. The van der Waals surface area contributed by atoms with Crippen LogP contribution in [-0.2, 0) is 4.79 Å². The van der Waals surface area contributed by atoms with E-state index in [2.05, 4.69) is 12.2 Å². The Hall–Kier alpha value is -0.240. The Bertz CT molecular complexity index is 208. The summed E-state index contributed by atoms with van der Waals surface area (Å²) in [5.41, 5.74) is 0. The number of amides is 1. The maximum absolute atomic E-state index is 11.7. The minimum atomic E-state index is -0.320. The fourth-order valence-electron chi connectivity index (χ4n) is 2.31. The second-order valence-electron chi connectivity index (χ2n) is 4.72. The van der Waals surface area contributed by atoms with E-state index in [1.807, 2.05) is 6.92 Å². The lowest BCUT2D eigenvalue weighted by Crippen LogP contribution is -2.37. The highest BCUT2D eigenvalue weighted by atomic mass is 35.5. The number of hydrogen-bond acceptors (Lipinski definition) is 1. The molecule has 0 aliphatic heterocycles. The minimum absolute atomic E-state index is 0.0256. The van der Waals surface area contributed by atoms with Crippen molar-refractivity contribution in [3.8, 4) is 0 Å². The van der Waals surface area contributed by atoms with Crippen molar-refractivity contribution in [3.63, 3.8) is 0 Å². The van der Waals surface area contributed by atoms with Crippen molar-refractivity contribution in [3.05, 3.63) is 0 Å². The highest BCUT2D eigenvalue weighted by molar-refractivity contribution is 6.30. The summed E-state index contributed by atoms with van der Waals surface area (Å²) in [6.07, 6.45) is 5.69. The Morgan fingerprint density at radius 2 is 2.27 bits per heavy atom. The lowest BCUT2D eigenvalue weighted by atomic mass is 9.80. The van der Waals surface area contributed by atoms with Gasteiger partial charge >= 0.3 is 0 Å². The third-order valence-corrected chi connectivity index (χ3v) is 3.75. The van der Waals surface area contributed by atoms with Crippen LogP contribution in [0.5, 0.6) is 0 Å². The summed E-state index contributed by atoms with van der Waals surface area (Å²) in [5, 5.41) is 2.55. The molecule has 0 bridgehead atoms. The highest BCUT2D eigenvalue weighted by Crippen LogP contribution is 2.32. The smallest absolute Gasteiger partial charge is 0.238 e. The topological polar surface area (TPSA) is 29.1 Å². The number of carbonyl (C=O) groups is 1. The molecule has 1 aliphatic carbocycles. The fourth-order valence-corrected chi connectivity index (χ4v) is 2.61. The highest BCUT2D eigenvalue weighted by Gasteiger charge is 2.29. The van der Waals surface area contributed by atoms with Gasteiger partial charge in [0.05, 0.1) is 0 Å². The molecule has 0 aromatic carbocycles. The van der Waals surface area contributed by atoms with Crippen LogP contribution in [0, 0.1) is 11.8 Å². The van der Waals surface area contributed by atoms with Gasteiger partial charge in [0.15, 0.2) is 0 Å². The molecule has 0 aromatic heterocycles. The number of carbonyl (C=O) groups excluding carboxylic acids is 1. The predicted octanol–water partition coefficient (Wildman–Crippen LogP) is 2.95. The van der Waals surface area contributed by atoms with Crippen LogP contribution in [0.2, 0.25) is 0 Å². The van der Waals surface area contributed by atoms with Crippen LogP contribution in [0.25, 0.3) is 0 Å². The summed E-state index contributed by atoms with van der Waals surface area (Å²) in [7, 11) is 0. The van der Waals surface area contributed by atoms with Gasteiger partial charge in [0.2, 0.25) is 5.91 Å². The number of alkyl halides is 1. The van der Waals surface area contributed by atoms with Gasteiger partial charge in [-0.1, -0.05) is 26.7 Å². The van der Waals surface area contributed by atoms with E-state index in [-0.39, 0.29) is 11.3 Å². The van der Waals surface area contributed by atoms with Gasteiger partial charge in [-0.2, -0.15) is 0 Å². The molecule has 3 heteroatoms. The minimum Gasteiger partial charge on any atom is -0.355 e. The molecule has 1 rings (SSSR count). The van der Waals surface area contributed by atoms with Crippen molar-refractivity contribution in [2.24, 2.45) is 11.8 Å². The van der Waals surface area contributed by atoms with Crippen LogP contribution in [-0.4, -0.2) is 17.8 Å². The standard InChI is InChI=1S/C12H22ClNO/c1-3-7-14-12(15)11(13)10-6-4-5-9(2)8-10/h9-11H,3-8H2,1-2H3,(H,14,15). The van der Waals surface area contributed by atoms with Crippen molar-refractivity contribution >= 4 is 17.5 Å². The zero-order chi connectivity index (χ0) is 11.3. The first-order valence-electron chi connectivity index (χ1n) is 6.07. The maximum Gasteiger partial charge on any atom is 0.238 e. The van der Waals surface area contributed by atoms with E-state index in [0.717, 1.165) is 31.7 Å². The quantitative estimate of drug-likeness (QED) is 0.741. The second kappa shape index (κ2) is 6.37. The van der Waals surface area contributed by atoms with Crippen LogP contribution in [0.3, 0.4) is 0 Å². The van der Waals surface area contributed by atoms with Gasteiger partial charge in [0.1, 0.15) is 5.38 Å². The molecule has 0 heterocycles. The van der Waals surface area contributed by atoms with Crippen LogP contribution >= 0.6 is 11.6 Å². The number of halogens is 1. The Morgan fingerprint density at radius 1 is 1.53 bits per heavy atom. The molecule has 3 atom stereocenters. The lowest BCUT2D eigenvalue weighted by Gasteiger charge is -2.29. The Balaban J connectivity index is 2.37. The Morgan fingerprint density at radius 3 is 2.87 bits per heavy atom. The van der Waals surface area contributed by atoms with Crippen LogP contribution in [0.1, 0.15) is 46.0 Å². The van der Waals surface area contributed by atoms with Crippen molar-refractivity contribution in [1.82, 2.24) is 5.32 Å². The largest absolute Gasteiger partial charge is 0.355 e. The molecule has 88 valence electrons. The van der Waals surface area contributed by atoms with Crippen molar-refractivity contribution in [2.75, 3.05) is 6.54 Å². The first-order valence-corrected chi connectivity index (χ1v) is 6.50. The molecule has 0 aromatic rings. The van der Waals surface area contributed by atoms with Gasteiger partial charge in [0.25, 0.3) is 0 Å². The number of rotatable bonds is 4. The maximum atomic E-state index is 11.7. The lowest BCUT2D eigenvalue weighted by molar-refractivity contribution is -0.121. The van der Waals surface area contributed by atoms with Gasteiger partial charge in [0, 0.05) is 6.54 Å². The monoisotopic (exact) mass is 231 g/mol. The average Bonchev–Trinajstić information content (AvgIpc) is 2.24. The second-order valence-corrected chi connectivity index (χ2v) is 5.19. The summed E-state index contributed by atoms with van der Waals surface area (Å²) in [4.78, 5) is 11.7. The van der Waals surface area contributed by atoms with E-state index < -0.39 is 0 Å². The first-order chi connectivity index (χ1) is 7.15. The molecule has 0 spiro atoms. The summed E-state index contributed by atoms with van der Waals surface area (Å²) >= 11 is 6.20. The van der Waals surface area contributed by atoms with E-state index in [1.165, 1.54) is 12.8 Å². The van der Waals surface area contributed by atoms with Crippen LogP contribution < -0.4 is 5.32 Å². The van der Waals surface area contributed by atoms with E-state index >= 15 is 0 Å². The predicted molar refractivity (Wildman–Crippen MR) is 64.1 cm³/mol. The van der Waals surface area contributed by atoms with Crippen molar-refractivity contribution in [2.45, 2.75) is 51.3 Å². The average molecular weight is 232 g/mol. The molecule has 0 radical (unpaired) electrons. The summed E-state index contributed by atoms with van der Waals surface area (Å²) < 4.78 is 0. The van der Waals surface area contributed by atoms with E-state index in [1.54, 1.807) is 0 Å². The van der Waals surface area contributed by atoms with Gasteiger partial charge in [-0.15, -0.1) is 11.6 Å². The Labute approximate surface area is 97.8 Å². The molecular weight excluding hydrogens is 210 g/mol. The van der Waals surface area contributed by atoms with E-state index in [9.17, 15) is 4.79 Å². The third-order valence-electron chi connectivity index (χ3n) is 3.19. The fraction of sp³-hybridized carbons (Fsp3) is 0.917. The molecule has 1 aliphatic rings. The van der Waals surface area contributed by atoms with Crippen LogP contribution in [0.15, 0.2) is 0 Å². The molecule has 1 amide bonds. The van der Waals surface area contributed by atoms with Crippen LogP contribution in [0.4, 0.5) is 0 Å². The first kappa shape index (κ1) is 12.8. The zero-order valence-corrected chi connectivity index (χ0v) is 10.5. The van der Waals surface area contributed by atoms with Crippen molar-refractivity contribution in [1.29, 1.82) is 0 Å². The molecule has 1 N–H and O–H groups in total. The summed E-state index contributed by atoms with van der Waals surface area (Å²) in [6, 6.07) is 0. The zero-order valence-electron chi connectivity index (χ0n) is 9.76. The number of nitrogens with one attached hydrogen (secondary N) is 1. The normalized spacial score (nSPS) is 28.5. The SMILES string of the molecule is CCCNC(=O)C(Cl)C1CCCC(C)C1. The molecule has 1 fully saturated rings. The third kappa shape index (κ3) is 4.02. The van der Waals surface area contributed by atoms with E-state index in [4.69, 9.17) is 11.6 Å². The molecular formula is C12H22ClNO. The van der Waals surface area contributed by atoms with Gasteiger partial charge in [-0.25, -0.2) is 0 Å². The molecule has 2 nitrogen and oxygen atoms in total.